The maximum absolute atomic E-state index is 13.5. The third kappa shape index (κ3) is 2.28. The maximum atomic E-state index is 13.5. The molecule has 3 nitrogen and oxygen atoms in total. The molecule has 0 aromatic heterocycles. The van der Waals surface area contributed by atoms with Gasteiger partial charge in [0.1, 0.15) is 0 Å². The second-order valence-corrected chi connectivity index (χ2v) is 6.96. The smallest absolute Gasteiger partial charge is 0.336 e. The van der Waals surface area contributed by atoms with Crippen molar-refractivity contribution >= 4 is 33.3 Å². The summed E-state index contributed by atoms with van der Waals surface area (Å²) >= 11 is 0. The average molecular weight is 352 g/mol. The highest BCUT2D eigenvalue weighted by atomic mass is 16.4. The molecule has 130 valence electrons. The second-order valence-electron chi connectivity index (χ2n) is 6.96. The molecule has 0 saturated carbocycles. The molecular weight excluding hydrogens is 336 g/mol. The Balaban J connectivity index is 1.80. The molecule has 1 N–H and O–H groups in total. The van der Waals surface area contributed by atoms with Gasteiger partial charge in [-0.1, -0.05) is 60.7 Å². The van der Waals surface area contributed by atoms with Crippen LogP contribution in [0.5, 0.6) is 0 Å². The first-order chi connectivity index (χ1) is 13.1. The van der Waals surface area contributed by atoms with E-state index < -0.39 is 5.97 Å². The number of carboxylic acids is 1. The second kappa shape index (κ2) is 5.78. The summed E-state index contributed by atoms with van der Waals surface area (Å²) in [4.78, 5) is 25.2. The molecule has 1 aliphatic rings. The largest absolute Gasteiger partial charge is 0.478 e. The van der Waals surface area contributed by atoms with Gasteiger partial charge in [-0.3, -0.25) is 4.79 Å². The van der Waals surface area contributed by atoms with Gasteiger partial charge in [0.2, 0.25) is 0 Å². The topological polar surface area (TPSA) is 54.4 Å². The van der Waals surface area contributed by atoms with E-state index in [1.54, 1.807) is 24.3 Å². The van der Waals surface area contributed by atoms with Gasteiger partial charge < -0.3 is 5.11 Å². The van der Waals surface area contributed by atoms with Gasteiger partial charge in [-0.15, -0.1) is 0 Å². The minimum absolute atomic E-state index is 0.134. The van der Waals surface area contributed by atoms with E-state index >= 15 is 0 Å². The van der Waals surface area contributed by atoms with Crippen molar-refractivity contribution in [1.82, 2.24) is 0 Å². The van der Waals surface area contributed by atoms with Crippen molar-refractivity contribution in [3.8, 4) is 0 Å². The Kier molecular flexibility index (Phi) is 3.37. The number of ketones is 1. The number of carbonyl (C=O) groups excluding carboxylic acids is 1. The predicted molar refractivity (Wildman–Crippen MR) is 106 cm³/mol. The number of carbonyl (C=O) groups is 2. The molecule has 0 fully saturated rings. The van der Waals surface area contributed by atoms with Gasteiger partial charge in [0, 0.05) is 16.5 Å². The van der Waals surface area contributed by atoms with E-state index in [1.165, 1.54) is 16.5 Å². The van der Waals surface area contributed by atoms with Crippen LogP contribution in [0.2, 0.25) is 0 Å². The van der Waals surface area contributed by atoms with E-state index in [1.807, 2.05) is 36.4 Å². The lowest BCUT2D eigenvalue weighted by atomic mass is 9.90. The van der Waals surface area contributed by atoms with Gasteiger partial charge >= 0.3 is 5.97 Å². The Hall–Kier alpha value is -3.46. The molecule has 27 heavy (non-hydrogen) atoms. The van der Waals surface area contributed by atoms with Crippen LogP contribution in [0.3, 0.4) is 0 Å². The molecule has 0 atom stereocenters. The van der Waals surface area contributed by atoms with Crippen LogP contribution >= 0.6 is 0 Å². The van der Waals surface area contributed by atoms with Crippen LogP contribution in [0, 0.1) is 0 Å². The quantitative estimate of drug-likeness (QED) is 0.527. The van der Waals surface area contributed by atoms with Gasteiger partial charge in [0.15, 0.2) is 5.78 Å². The molecule has 0 heterocycles. The summed E-state index contributed by atoms with van der Waals surface area (Å²) in [6, 6.07) is 20.5. The molecular formula is C24H16O3. The number of aromatic carboxylic acids is 1. The number of aryl methyl sites for hydroxylation is 2. The highest BCUT2D eigenvalue weighted by Crippen LogP contribution is 2.34. The van der Waals surface area contributed by atoms with Gasteiger partial charge in [-0.05, 0) is 46.2 Å². The highest BCUT2D eigenvalue weighted by molar-refractivity contribution is 6.24. The zero-order chi connectivity index (χ0) is 18.5. The van der Waals surface area contributed by atoms with Gasteiger partial charge in [0.25, 0.3) is 0 Å². The third-order valence-corrected chi connectivity index (χ3v) is 5.50. The number of fused-ring (bicyclic) bond motifs is 1. The predicted octanol–water partition coefficient (Wildman–Crippen LogP) is 5.02. The first-order valence-electron chi connectivity index (χ1n) is 8.98. The summed E-state index contributed by atoms with van der Waals surface area (Å²) in [5.74, 6) is -1.16. The molecule has 4 aromatic rings. The molecule has 3 heteroatoms. The van der Waals surface area contributed by atoms with E-state index in [9.17, 15) is 14.7 Å². The number of benzene rings is 4. The lowest BCUT2D eigenvalue weighted by molar-refractivity contribution is 0.0699. The van der Waals surface area contributed by atoms with E-state index in [0.29, 0.717) is 16.5 Å². The summed E-state index contributed by atoms with van der Waals surface area (Å²) in [5, 5.41) is 13.0. The van der Waals surface area contributed by atoms with Crippen molar-refractivity contribution in [3.63, 3.8) is 0 Å². The fourth-order valence-electron chi connectivity index (χ4n) is 4.30. The van der Waals surface area contributed by atoms with Crippen LogP contribution in [0.25, 0.3) is 21.5 Å². The molecule has 0 spiro atoms. The summed E-state index contributed by atoms with van der Waals surface area (Å²) < 4.78 is 0. The molecule has 0 bridgehead atoms. The van der Waals surface area contributed by atoms with Gasteiger partial charge in [0.05, 0.1) is 5.56 Å². The molecule has 0 amide bonds. The van der Waals surface area contributed by atoms with Crippen molar-refractivity contribution in [2.45, 2.75) is 12.8 Å². The Morgan fingerprint density at radius 1 is 0.667 bits per heavy atom. The van der Waals surface area contributed by atoms with Crippen LogP contribution in [0.4, 0.5) is 0 Å². The van der Waals surface area contributed by atoms with Crippen LogP contribution in [-0.4, -0.2) is 16.9 Å². The number of hydrogen-bond acceptors (Lipinski definition) is 2. The fourth-order valence-corrected chi connectivity index (χ4v) is 4.30. The summed E-state index contributed by atoms with van der Waals surface area (Å²) in [5.41, 5.74) is 3.78. The Morgan fingerprint density at radius 2 is 1.33 bits per heavy atom. The summed E-state index contributed by atoms with van der Waals surface area (Å²) in [7, 11) is 0. The van der Waals surface area contributed by atoms with E-state index in [-0.39, 0.29) is 11.3 Å². The van der Waals surface area contributed by atoms with Crippen molar-refractivity contribution in [2.75, 3.05) is 0 Å². The molecule has 0 aliphatic heterocycles. The highest BCUT2D eigenvalue weighted by Gasteiger charge is 2.22. The molecule has 1 aliphatic carbocycles. The molecule has 0 saturated heterocycles. The Labute approximate surface area is 155 Å². The Bertz CT molecular complexity index is 1250. The van der Waals surface area contributed by atoms with Gasteiger partial charge in [-0.2, -0.15) is 0 Å². The Morgan fingerprint density at radius 3 is 2.07 bits per heavy atom. The van der Waals surface area contributed by atoms with Crippen LogP contribution in [0.1, 0.15) is 37.4 Å². The lowest BCUT2D eigenvalue weighted by Gasteiger charge is -2.12. The van der Waals surface area contributed by atoms with E-state index in [0.717, 1.165) is 23.6 Å². The first kappa shape index (κ1) is 15.8. The zero-order valence-electron chi connectivity index (χ0n) is 14.5. The summed E-state index contributed by atoms with van der Waals surface area (Å²) in [6.07, 6.45) is 2.00. The van der Waals surface area contributed by atoms with Crippen molar-refractivity contribution in [3.05, 3.63) is 94.5 Å². The molecule has 4 aromatic carbocycles. The van der Waals surface area contributed by atoms with Crippen LogP contribution < -0.4 is 0 Å². The van der Waals surface area contributed by atoms with E-state index in [4.69, 9.17) is 0 Å². The van der Waals surface area contributed by atoms with Crippen LogP contribution in [-0.2, 0) is 12.8 Å². The third-order valence-electron chi connectivity index (χ3n) is 5.50. The van der Waals surface area contributed by atoms with Crippen molar-refractivity contribution in [1.29, 1.82) is 0 Å². The lowest BCUT2D eigenvalue weighted by Crippen LogP contribution is -2.07. The normalized spacial score (nSPS) is 12.6. The van der Waals surface area contributed by atoms with Gasteiger partial charge in [-0.25, -0.2) is 4.79 Å². The molecule has 5 rings (SSSR count). The molecule has 0 radical (unpaired) electrons. The standard InChI is InChI=1S/C24H16O3/c25-23(18-13-12-16-11-10-15-6-1-7-17(18)21(15)16)19-8-2-4-14-5-3-9-20(22(14)19)24(26)27/h1-9,12-13H,10-11H2,(H,26,27). The maximum Gasteiger partial charge on any atom is 0.336 e. The monoisotopic (exact) mass is 352 g/mol. The SMILES string of the molecule is O=C(O)c1cccc2cccc(C(=O)c3ccc4c5c(cccc35)CC4)c12. The fraction of sp³-hybridized carbons (Fsp3) is 0.0833. The first-order valence-corrected chi connectivity index (χ1v) is 8.98. The van der Waals surface area contributed by atoms with Crippen molar-refractivity contribution in [2.24, 2.45) is 0 Å². The van der Waals surface area contributed by atoms with Crippen LogP contribution in [0.15, 0.2) is 66.7 Å². The number of carboxylic acid groups (broad SMARTS) is 1. The van der Waals surface area contributed by atoms with E-state index in [2.05, 4.69) is 6.07 Å². The number of hydrogen-bond donors (Lipinski definition) is 1. The van der Waals surface area contributed by atoms with Crippen molar-refractivity contribution < 1.29 is 14.7 Å². The average Bonchev–Trinajstić information content (AvgIpc) is 3.12. The minimum atomic E-state index is -1.03. The minimum Gasteiger partial charge on any atom is -0.478 e. The zero-order valence-corrected chi connectivity index (χ0v) is 14.5. The summed E-state index contributed by atoms with van der Waals surface area (Å²) in [6.45, 7) is 0. The number of rotatable bonds is 3. The molecule has 0 unspecified atom stereocenters.